The second-order valence-electron chi connectivity index (χ2n) is 27.2. The van der Waals surface area contributed by atoms with Gasteiger partial charge in [0.05, 0.1) is 25.4 Å². The summed E-state index contributed by atoms with van der Waals surface area (Å²) >= 11 is 0. The van der Waals surface area contributed by atoms with Crippen molar-refractivity contribution in [3.05, 3.63) is 0 Å². The van der Waals surface area contributed by atoms with Gasteiger partial charge in [-0.25, -0.2) is 0 Å². The third kappa shape index (κ3) is 53.1. The first-order valence-corrected chi connectivity index (χ1v) is 38.2. The highest BCUT2D eigenvalue weighted by atomic mass is 16.7. The lowest BCUT2D eigenvalue weighted by Crippen LogP contribution is -2.60. The zero-order chi connectivity index (χ0) is 60.7. The van der Waals surface area contributed by atoms with Gasteiger partial charge in [0.2, 0.25) is 5.91 Å². The van der Waals surface area contributed by atoms with Gasteiger partial charge in [-0.1, -0.05) is 399 Å². The maximum atomic E-state index is 13.2. The highest BCUT2D eigenvalue weighted by molar-refractivity contribution is 5.76. The van der Waals surface area contributed by atoms with Crippen molar-refractivity contribution >= 4 is 5.91 Å². The zero-order valence-corrected chi connectivity index (χ0v) is 56.5. The number of carbonyl (C=O) groups is 1. The molecular weight excluding hydrogens is 1040 g/mol. The molecular formula is C75H149NO8. The van der Waals surface area contributed by atoms with E-state index in [9.17, 15) is 30.3 Å². The van der Waals surface area contributed by atoms with E-state index in [0.29, 0.717) is 12.8 Å². The Balaban J connectivity index is 2.06. The largest absolute Gasteiger partial charge is 0.394 e. The van der Waals surface area contributed by atoms with Crippen LogP contribution in [0.4, 0.5) is 0 Å². The summed E-state index contributed by atoms with van der Waals surface area (Å²) < 4.78 is 11.4. The third-order valence-corrected chi connectivity index (χ3v) is 19.0. The Morgan fingerprint density at radius 2 is 0.595 bits per heavy atom. The lowest BCUT2D eigenvalue weighted by molar-refractivity contribution is -0.302. The summed E-state index contributed by atoms with van der Waals surface area (Å²) in [6.45, 7) is 3.92. The summed E-state index contributed by atoms with van der Waals surface area (Å²) in [5.41, 5.74) is 0. The first-order valence-electron chi connectivity index (χ1n) is 38.2. The van der Waals surface area contributed by atoms with E-state index in [1.807, 2.05) is 0 Å². The van der Waals surface area contributed by atoms with E-state index in [1.165, 1.54) is 353 Å². The molecule has 0 aromatic rings. The van der Waals surface area contributed by atoms with Crippen molar-refractivity contribution < 1.29 is 39.8 Å². The number of aliphatic hydroxyl groups excluding tert-OH is 5. The van der Waals surface area contributed by atoms with E-state index in [4.69, 9.17) is 9.47 Å². The molecule has 1 heterocycles. The van der Waals surface area contributed by atoms with E-state index >= 15 is 0 Å². The second kappa shape index (κ2) is 65.2. The fourth-order valence-electron chi connectivity index (χ4n) is 13.0. The molecule has 1 amide bonds. The summed E-state index contributed by atoms with van der Waals surface area (Å²) in [7, 11) is 0. The van der Waals surface area contributed by atoms with Gasteiger partial charge in [-0.05, 0) is 12.8 Å². The number of carbonyl (C=O) groups excluding carboxylic acids is 1. The number of aliphatic hydroxyl groups is 5. The minimum absolute atomic E-state index is 0.130. The lowest BCUT2D eigenvalue weighted by atomic mass is 9.99. The molecule has 1 fully saturated rings. The average Bonchev–Trinajstić information content (AvgIpc) is 3.70. The highest BCUT2D eigenvalue weighted by Crippen LogP contribution is 2.24. The predicted octanol–water partition coefficient (Wildman–Crippen LogP) is 21.3. The van der Waals surface area contributed by atoms with Crippen LogP contribution in [0.15, 0.2) is 0 Å². The molecule has 0 radical (unpaired) electrons. The van der Waals surface area contributed by atoms with Crippen molar-refractivity contribution in [3.8, 4) is 0 Å². The van der Waals surface area contributed by atoms with Crippen LogP contribution in [0.5, 0.6) is 0 Å². The Kier molecular flexibility index (Phi) is 63.0. The quantitative estimate of drug-likeness (QED) is 0.0330. The molecule has 7 atom stereocenters. The lowest BCUT2D eigenvalue weighted by Gasteiger charge is -2.40. The third-order valence-electron chi connectivity index (χ3n) is 19.0. The van der Waals surface area contributed by atoms with Crippen LogP contribution >= 0.6 is 0 Å². The number of hydrogen-bond acceptors (Lipinski definition) is 8. The number of ether oxygens (including phenoxy) is 2. The van der Waals surface area contributed by atoms with Crippen LogP contribution in [-0.2, 0) is 14.3 Å². The van der Waals surface area contributed by atoms with Gasteiger partial charge in [-0.2, -0.15) is 0 Å². The van der Waals surface area contributed by atoms with Crippen molar-refractivity contribution in [2.24, 2.45) is 0 Å². The van der Waals surface area contributed by atoms with Gasteiger partial charge in [0.1, 0.15) is 24.4 Å². The molecule has 0 aliphatic carbocycles. The minimum Gasteiger partial charge on any atom is -0.394 e. The van der Waals surface area contributed by atoms with Crippen LogP contribution in [0.25, 0.3) is 0 Å². The number of nitrogens with one attached hydrogen (secondary N) is 1. The van der Waals surface area contributed by atoms with E-state index in [0.717, 1.165) is 38.5 Å². The molecule has 9 nitrogen and oxygen atoms in total. The van der Waals surface area contributed by atoms with E-state index in [2.05, 4.69) is 19.2 Å². The molecule has 0 aromatic carbocycles. The van der Waals surface area contributed by atoms with E-state index < -0.39 is 49.5 Å². The maximum Gasteiger partial charge on any atom is 0.220 e. The molecule has 1 aliphatic heterocycles. The number of hydrogen-bond donors (Lipinski definition) is 6. The van der Waals surface area contributed by atoms with Gasteiger partial charge >= 0.3 is 0 Å². The predicted molar refractivity (Wildman–Crippen MR) is 360 cm³/mol. The van der Waals surface area contributed by atoms with Crippen LogP contribution in [0.1, 0.15) is 418 Å². The van der Waals surface area contributed by atoms with Gasteiger partial charge in [0, 0.05) is 6.42 Å². The van der Waals surface area contributed by atoms with Crippen molar-refractivity contribution in [2.75, 3.05) is 13.2 Å². The van der Waals surface area contributed by atoms with Gasteiger partial charge in [0.15, 0.2) is 6.29 Å². The molecule has 6 N–H and O–H groups in total. The smallest absolute Gasteiger partial charge is 0.220 e. The summed E-state index contributed by atoms with van der Waals surface area (Å²) in [5.74, 6) is -0.132. The molecule has 9 heteroatoms. The molecule has 0 saturated carbocycles. The Morgan fingerprint density at radius 3 is 0.845 bits per heavy atom. The Hall–Kier alpha value is -0.810. The van der Waals surface area contributed by atoms with Crippen molar-refractivity contribution in [3.63, 3.8) is 0 Å². The zero-order valence-electron chi connectivity index (χ0n) is 56.5. The van der Waals surface area contributed by atoms with Crippen molar-refractivity contribution in [1.29, 1.82) is 0 Å². The Morgan fingerprint density at radius 1 is 0.357 bits per heavy atom. The molecule has 7 unspecified atom stereocenters. The fourth-order valence-corrected chi connectivity index (χ4v) is 13.0. The summed E-state index contributed by atoms with van der Waals surface area (Å²) in [5, 5.41) is 55.0. The van der Waals surface area contributed by atoms with Crippen LogP contribution in [-0.4, -0.2) is 87.5 Å². The first-order chi connectivity index (χ1) is 41.3. The number of amides is 1. The standard InChI is InChI=1S/C75H149NO8/c1-3-5-7-9-11-13-15-17-19-21-23-25-27-29-31-33-34-35-37-39-41-43-45-47-49-51-53-55-57-59-61-63-65-71(79)76-68(67-83-75-74(82)73(81)72(80)70(66-77)84-75)69(78)64-62-60-58-56-54-52-50-48-46-44-42-40-38-36-32-30-28-26-24-22-20-18-16-14-12-10-8-6-4-2/h68-70,72-75,77-78,80-82H,3-67H2,1-2H3,(H,76,79). The fraction of sp³-hybridized carbons (Fsp3) is 0.987. The van der Waals surface area contributed by atoms with Crippen molar-refractivity contribution in [1.82, 2.24) is 5.32 Å². The minimum atomic E-state index is -1.55. The number of rotatable bonds is 69. The summed E-state index contributed by atoms with van der Waals surface area (Å²) in [6, 6.07) is -0.716. The topological polar surface area (TPSA) is 149 Å². The SMILES string of the molecule is CCCCCCCCCCCCCCCCCCCCCCCCCCCCCCCCCCC(=O)NC(COC1OC(CO)C(O)C(O)C1O)C(O)CCCCCCCCCCCCCCCCCCCCCCCCCCCCCCC. The molecule has 0 aromatic heterocycles. The Labute approximate surface area is 523 Å². The van der Waals surface area contributed by atoms with Gasteiger partial charge in [0.25, 0.3) is 0 Å². The normalized spacial score (nSPS) is 18.0. The van der Waals surface area contributed by atoms with Gasteiger partial charge in [-0.15, -0.1) is 0 Å². The van der Waals surface area contributed by atoms with Gasteiger partial charge < -0.3 is 40.3 Å². The molecule has 84 heavy (non-hydrogen) atoms. The highest BCUT2D eigenvalue weighted by Gasteiger charge is 2.44. The van der Waals surface area contributed by atoms with Crippen molar-refractivity contribution in [2.45, 2.75) is 461 Å². The van der Waals surface area contributed by atoms with Crippen LogP contribution in [0.3, 0.4) is 0 Å². The van der Waals surface area contributed by atoms with E-state index in [-0.39, 0.29) is 12.5 Å². The second-order valence-corrected chi connectivity index (χ2v) is 27.2. The molecule has 502 valence electrons. The molecule has 1 aliphatic rings. The molecule has 1 rings (SSSR count). The average molecular weight is 1190 g/mol. The van der Waals surface area contributed by atoms with Crippen LogP contribution in [0, 0.1) is 0 Å². The van der Waals surface area contributed by atoms with E-state index in [1.54, 1.807) is 0 Å². The molecule has 0 bridgehead atoms. The van der Waals surface area contributed by atoms with Crippen LogP contribution < -0.4 is 5.32 Å². The Bertz CT molecular complexity index is 1290. The monoisotopic (exact) mass is 1190 g/mol. The van der Waals surface area contributed by atoms with Gasteiger partial charge in [-0.3, -0.25) is 4.79 Å². The summed E-state index contributed by atoms with van der Waals surface area (Å²) in [6.07, 6.45) is 76.3. The van der Waals surface area contributed by atoms with Crippen LogP contribution in [0.2, 0.25) is 0 Å². The first kappa shape index (κ1) is 81.2. The number of unbranched alkanes of at least 4 members (excludes halogenated alkanes) is 59. The molecule has 0 spiro atoms. The maximum absolute atomic E-state index is 13.2. The molecule has 1 saturated heterocycles. The summed E-state index contributed by atoms with van der Waals surface area (Å²) in [4.78, 5) is 13.2.